The average Bonchev–Trinajstić information content (AvgIpc) is 3.02. The molecule has 0 unspecified atom stereocenters. The van der Waals surface area contributed by atoms with Gasteiger partial charge in [0.2, 0.25) is 11.8 Å². The van der Waals surface area contributed by atoms with Crippen molar-refractivity contribution in [3.8, 4) is 11.4 Å². The molecule has 25 heavy (non-hydrogen) atoms. The van der Waals surface area contributed by atoms with Crippen LogP contribution >= 0.6 is 0 Å². The number of amides is 2. The molecule has 1 saturated heterocycles. The van der Waals surface area contributed by atoms with Crippen LogP contribution in [0.2, 0.25) is 0 Å². The van der Waals surface area contributed by atoms with Gasteiger partial charge in [-0.1, -0.05) is 12.1 Å². The highest BCUT2D eigenvalue weighted by Crippen LogP contribution is 2.26. The second-order valence-electron chi connectivity index (χ2n) is 6.38. The van der Waals surface area contributed by atoms with Gasteiger partial charge in [0.15, 0.2) is 5.82 Å². The van der Waals surface area contributed by atoms with Gasteiger partial charge in [0, 0.05) is 44.2 Å². The van der Waals surface area contributed by atoms with Gasteiger partial charge in [-0.2, -0.15) is 0 Å². The predicted molar refractivity (Wildman–Crippen MR) is 94.9 cm³/mol. The van der Waals surface area contributed by atoms with Crippen LogP contribution in [0.1, 0.15) is 31.2 Å². The molecule has 1 aromatic heterocycles. The molecule has 0 atom stereocenters. The number of rotatable bonds is 5. The molecule has 1 N–H and O–H groups in total. The van der Waals surface area contributed by atoms with E-state index in [0.29, 0.717) is 19.4 Å². The first kappa shape index (κ1) is 17.1. The molecule has 0 saturated carbocycles. The number of aromatic nitrogens is 3. The zero-order chi connectivity index (χ0) is 17.8. The topological polar surface area (TPSA) is 80.1 Å². The minimum Gasteiger partial charge on any atom is -0.342 e. The van der Waals surface area contributed by atoms with Gasteiger partial charge in [-0.05, 0) is 31.4 Å². The minimum atomic E-state index is -0.0865. The Morgan fingerprint density at radius 2 is 2.16 bits per heavy atom. The normalized spacial score (nSPS) is 14.6. The van der Waals surface area contributed by atoms with E-state index in [1.165, 1.54) is 0 Å². The summed E-state index contributed by atoms with van der Waals surface area (Å²) in [5.41, 5.74) is 2.64. The molecule has 7 heteroatoms. The Morgan fingerprint density at radius 3 is 2.88 bits per heavy atom. The molecule has 2 amide bonds. The fourth-order valence-electron chi connectivity index (χ4n) is 3.09. The van der Waals surface area contributed by atoms with Crippen LogP contribution in [0.3, 0.4) is 0 Å². The maximum absolute atomic E-state index is 12.3. The molecule has 0 bridgehead atoms. The molecule has 0 radical (unpaired) electrons. The van der Waals surface area contributed by atoms with Crippen LogP contribution in [-0.2, 0) is 16.6 Å². The Bertz CT molecular complexity index is 784. The monoisotopic (exact) mass is 341 g/mol. The fourth-order valence-corrected chi connectivity index (χ4v) is 3.09. The zero-order valence-electron chi connectivity index (χ0n) is 14.7. The van der Waals surface area contributed by atoms with Crippen molar-refractivity contribution in [2.75, 3.05) is 18.4 Å². The molecule has 1 fully saturated rings. The van der Waals surface area contributed by atoms with Crippen molar-refractivity contribution >= 4 is 17.5 Å². The van der Waals surface area contributed by atoms with Crippen molar-refractivity contribution in [3.05, 3.63) is 30.1 Å². The highest BCUT2D eigenvalue weighted by Gasteiger charge is 2.19. The Morgan fingerprint density at radius 1 is 1.32 bits per heavy atom. The predicted octanol–water partition coefficient (Wildman–Crippen LogP) is 2.13. The van der Waals surface area contributed by atoms with E-state index in [2.05, 4.69) is 15.5 Å². The summed E-state index contributed by atoms with van der Waals surface area (Å²) in [7, 11) is 1.88. The SMILES string of the molecule is Cc1c(NC(=O)CCN2CCCCC2=O)cccc1-c1nncn1C. The minimum absolute atomic E-state index is 0.0865. The number of carbonyl (C=O) groups is 2. The lowest BCUT2D eigenvalue weighted by Gasteiger charge is -2.26. The fraction of sp³-hybridized carbons (Fsp3) is 0.444. The first-order valence-electron chi connectivity index (χ1n) is 8.58. The van der Waals surface area contributed by atoms with Crippen LogP contribution in [0.25, 0.3) is 11.4 Å². The number of hydrogen-bond acceptors (Lipinski definition) is 4. The van der Waals surface area contributed by atoms with Crippen molar-refractivity contribution in [1.82, 2.24) is 19.7 Å². The third-order valence-electron chi connectivity index (χ3n) is 4.59. The number of hydrogen-bond donors (Lipinski definition) is 1. The molecule has 0 spiro atoms. The molecule has 1 aromatic carbocycles. The van der Waals surface area contributed by atoms with Crippen molar-refractivity contribution in [2.24, 2.45) is 7.05 Å². The van der Waals surface area contributed by atoms with Gasteiger partial charge in [0.25, 0.3) is 0 Å². The third kappa shape index (κ3) is 3.87. The molecule has 2 aromatic rings. The van der Waals surface area contributed by atoms with E-state index in [-0.39, 0.29) is 11.8 Å². The van der Waals surface area contributed by atoms with Gasteiger partial charge >= 0.3 is 0 Å². The summed E-state index contributed by atoms with van der Waals surface area (Å²) < 4.78 is 1.84. The van der Waals surface area contributed by atoms with E-state index >= 15 is 0 Å². The summed E-state index contributed by atoms with van der Waals surface area (Å²) in [5, 5.41) is 11.0. The number of aryl methyl sites for hydroxylation is 1. The van der Waals surface area contributed by atoms with Crippen LogP contribution in [0.15, 0.2) is 24.5 Å². The highest BCUT2D eigenvalue weighted by molar-refractivity contribution is 5.93. The van der Waals surface area contributed by atoms with E-state index < -0.39 is 0 Å². The summed E-state index contributed by atoms with van der Waals surface area (Å²) in [6.07, 6.45) is 4.53. The van der Waals surface area contributed by atoms with E-state index in [9.17, 15) is 9.59 Å². The summed E-state index contributed by atoms with van der Waals surface area (Å²) in [6, 6.07) is 5.72. The standard InChI is InChI=1S/C18H23N5O2/c1-13-14(18-21-19-12-22(18)2)6-5-7-15(13)20-16(24)9-11-23-10-4-3-8-17(23)25/h5-7,12H,3-4,8-11H2,1-2H3,(H,20,24). The Hall–Kier alpha value is -2.70. The number of nitrogens with one attached hydrogen (secondary N) is 1. The van der Waals surface area contributed by atoms with Crippen LogP contribution in [-0.4, -0.2) is 44.6 Å². The lowest BCUT2D eigenvalue weighted by molar-refractivity contribution is -0.133. The molecule has 2 heterocycles. The average molecular weight is 341 g/mol. The van der Waals surface area contributed by atoms with E-state index in [4.69, 9.17) is 0 Å². The summed E-state index contributed by atoms with van der Waals surface area (Å²) in [6.45, 7) is 3.19. The summed E-state index contributed by atoms with van der Waals surface area (Å²) in [4.78, 5) is 25.9. The molecular weight excluding hydrogens is 318 g/mol. The molecule has 132 valence electrons. The molecule has 3 rings (SSSR count). The molecule has 1 aliphatic heterocycles. The third-order valence-corrected chi connectivity index (χ3v) is 4.59. The van der Waals surface area contributed by atoms with Gasteiger partial charge in [-0.3, -0.25) is 9.59 Å². The Kier molecular flexibility index (Phi) is 5.11. The first-order valence-corrected chi connectivity index (χ1v) is 8.58. The number of carbonyl (C=O) groups excluding carboxylic acids is 2. The van der Waals surface area contributed by atoms with E-state index in [1.54, 1.807) is 11.2 Å². The first-order chi connectivity index (χ1) is 12.1. The summed E-state index contributed by atoms with van der Waals surface area (Å²) in [5.74, 6) is 0.823. The number of piperidine rings is 1. The van der Waals surface area contributed by atoms with Crippen LogP contribution in [0.4, 0.5) is 5.69 Å². The van der Waals surface area contributed by atoms with Crippen LogP contribution in [0, 0.1) is 6.92 Å². The Labute approximate surface area is 147 Å². The molecule has 0 aliphatic carbocycles. The molecular formula is C18H23N5O2. The van der Waals surface area contributed by atoms with Crippen molar-refractivity contribution in [3.63, 3.8) is 0 Å². The second-order valence-corrected chi connectivity index (χ2v) is 6.38. The van der Waals surface area contributed by atoms with Crippen molar-refractivity contribution in [1.29, 1.82) is 0 Å². The van der Waals surface area contributed by atoms with Gasteiger partial charge < -0.3 is 14.8 Å². The molecule has 1 aliphatic rings. The smallest absolute Gasteiger partial charge is 0.226 e. The number of likely N-dealkylation sites (tertiary alicyclic amines) is 1. The van der Waals surface area contributed by atoms with Gasteiger partial charge in [0.05, 0.1) is 0 Å². The quantitative estimate of drug-likeness (QED) is 0.903. The number of nitrogens with zero attached hydrogens (tertiary/aromatic N) is 4. The lowest BCUT2D eigenvalue weighted by Crippen LogP contribution is -2.37. The highest BCUT2D eigenvalue weighted by atomic mass is 16.2. The van der Waals surface area contributed by atoms with Crippen LogP contribution in [0.5, 0.6) is 0 Å². The van der Waals surface area contributed by atoms with Gasteiger partial charge in [-0.25, -0.2) is 0 Å². The van der Waals surface area contributed by atoms with Crippen LogP contribution < -0.4 is 5.32 Å². The second kappa shape index (κ2) is 7.46. The van der Waals surface area contributed by atoms with E-state index in [0.717, 1.165) is 42.0 Å². The van der Waals surface area contributed by atoms with Crippen molar-refractivity contribution < 1.29 is 9.59 Å². The van der Waals surface area contributed by atoms with Gasteiger partial charge in [0.1, 0.15) is 6.33 Å². The van der Waals surface area contributed by atoms with Gasteiger partial charge in [-0.15, -0.1) is 10.2 Å². The molecule has 7 nitrogen and oxygen atoms in total. The Balaban J connectivity index is 1.65. The zero-order valence-corrected chi connectivity index (χ0v) is 14.7. The maximum Gasteiger partial charge on any atom is 0.226 e. The van der Waals surface area contributed by atoms with Crippen molar-refractivity contribution in [2.45, 2.75) is 32.6 Å². The largest absolute Gasteiger partial charge is 0.342 e. The van der Waals surface area contributed by atoms with E-state index in [1.807, 2.05) is 36.7 Å². The maximum atomic E-state index is 12.3. The number of benzene rings is 1. The lowest BCUT2D eigenvalue weighted by atomic mass is 10.1. The summed E-state index contributed by atoms with van der Waals surface area (Å²) >= 11 is 0. The number of anilines is 1.